The summed E-state index contributed by atoms with van der Waals surface area (Å²) in [4.78, 5) is 9.64. The number of nitrogens with zero attached hydrogens (tertiary/aromatic N) is 2. The Kier molecular flexibility index (Phi) is 4.87. The number of fused-ring (bicyclic) bond motifs is 4. The smallest absolute Gasteiger partial charge is 0.144 e. The largest absolute Gasteiger partial charge is 0.455 e. The third kappa shape index (κ3) is 3.55. The van der Waals surface area contributed by atoms with Crippen LogP contribution in [0, 0.1) is 20.8 Å². The van der Waals surface area contributed by atoms with E-state index in [4.69, 9.17) is 9.40 Å². The molecule has 6 aromatic rings. The van der Waals surface area contributed by atoms with Gasteiger partial charge in [-0.05, 0) is 66.6 Å². The van der Waals surface area contributed by atoms with Crippen molar-refractivity contribution in [3.05, 3.63) is 82.5 Å². The van der Waals surface area contributed by atoms with Gasteiger partial charge in [0.25, 0.3) is 0 Å². The maximum Gasteiger partial charge on any atom is 0.144 e. The highest BCUT2D eigenvalue weighted by molar-refractivity contribution is 7.18. The standard InChI is InChI=1S/C31H28N2OS/c1-17-9-7-10-18(2)29(17)23-16-32-25(14-24(23)31(4,5)6)21-12-8-11-20-22-13-28-26(33-19(3)35-28)15-27(22)34-30(20)21/h7-16H,1-6H3. The predicted molar refractivity (Wildman–Crippen MR) is 148 cm³/mol. The fourth-order valence-electron chi connectivity index (χ4n) is 5.20. The van der Waals surface area contributed by atoms with E-state index in [1.54, 1.807) is 11.3 Å². The first-order valence-corrected chi connectivity index (χ1v) is 12.8. The van der Waals surface area contributed by atoms with Gasteiger partial charge < -0.3 is 4.42 Å². The molecule has 6 rings (SSSR count). The van der Waals surface area contributed by atoms with Crippen molar-refractivity contribution < 1.29 is 4.42 Å². The van der Waals surface area contributed by atoms with Crippen LogP contribution in [-0.4, -0.2) is 9.97 Å². The first-order valence-electron chi connectivity index (χ1n) is 12.0. The Bertz CT molecular complexity index is 1740. The van der Waals surface area contributed by atoms with Gasteiger partial charge in [0.1, 0.15) is 11.2 Å². The monoisotopic (exact) mass is 476 g/mol. The number of aryl methyl sites for hydroxylation is 3. The summed E-state index contributed by atoms with van der Waals surface area (Å²) in [7, 11) is 0. The van der Waals surface area contributed by atoms with Crippen LogP contribution in [0.5, 0.6) is 0 Å². The van der Waals surface area contributed by atoms with E-state index in [-0.39, 0.29) is 5.41 Å². The van der Waals surface area contributed by atoms with Crippen molar-refractivity contribution in [2.45, 2.75) is 47.0 Å². The van der Waals surface area contributed by atoms with Crippen LogP contribution in [0.4, 0.5) is 0 Å². The van der Waals surface area contributed by atoms with Gasteiger partial charge in [-0.25, -0.2) is 4.98 Å². The summed E-state index contributed by atoms with van der Waals surface area (Å²) in [5.74, 6) is 0. The van der Waals surface area contributed by atoms with Gasteiger partial charge >= 0.3 is 0 Å². The lowest BCUT2D eigenvalue weighted by atomic mass is 9.80. The Morgan fingerprint density at radius 1 is 0.829 bits per heavy atom. The summed E-state index contributed by atoms with van der Waals surface area (Å²) in [5, 5.41) is 3.31. The molecule has 0 amide bonds. The van der Waals surface area contributed by atoms with Gasteiger partial charge in [-0.3, -0.25) is 4.98 Å². The lowest BCUT2D eigenvalue weighted by molar-refractivity contribution is 0.591. The van der Waals surface area contributed by atoms with E-state index in [1.807, 2.05) is 6.92 Å². The van der Waals surface area contributed by atoms with Gasteiger partial charge in [0.05, 0.1) is 20.9 Å². The van der Waals surface area contributed by atoms with Crippen LogP contribution in [0.25, 0.3) is 54.5 Å². The van der Waals surface area contributed by atoms with Crippen LogP contribution in [0.15, 0.2) is 65.2 Å². The molecule has 0 unspecified atom stereocenters. The molecule has 174 valence electrons. The van der Waals surface area contributed by atoms with E-state index in [2.05, 4.69) is 100 Å². The summed E-state index contributed by atoms with van der Waals surface area (Å²) in [6.45, 7) is 13.2. The molecule has 0 radical (unpaired) electrons. The third-order valence-electron chi connectivity index (χ3n) is 6.85. The molecule has 35 heavy (non-hydrogen) atoms. The number of thiazole rings is 1. The van der Waals surface area contributed by atoms with Gasteiger partial charge in [-0.1, -0.05) is 51.1 Å². The highest BCUT2D eigenvalue weighted by atomic mass is 32.1. The highest BCUT2D eigenvalue weighted by Crippen LogP contribution is 2.41. The lowest BCUT2D eigenvalue weighted by Gasteiger charge is -2.25. The van der Waals surface area contributed by atoms with E-state index in [0.29, 0.717) is 0 Å². The van der Waals surface area contributed by atoms with E-state index in [1.165, 1.54) is 32.5 Å². The molecule has 4 heteroatoms. The second-order valence-electron chi connectivity index (χ2n) is 10.5. The van der Waals surface area contributed by atoms with Gasteiger partial charge in [-0.15, -0.1) is 11.3 Å². The molecule has 0 N–H and O–H groups in total. The third-order valence-corrected chi connectivity index (χ3v) is 7.79. The van der Waals surface area contributed by atoms with Crippen molar-refractivity contribution in [2.24, 2.45) is 0 Å². The molecule has 0 saturated carbocycles. The minimum atomic E-state index is -0.0442. The fraction of sp³-hybridized carbons (Fsp3) is 0.226. The minimum Gasteiger partial charge on any atom is -0.455 e. The Labute approximate surface area is 209 Å². The summed E-state index contributed by atoms with van der Waals surface area (Å²) in [6.07, 6.45) is 2.05. The van der Waals surface area contributed by atoms with Crippen LogP contribution < -0.4 is 0 Å². The molecular weight excluding hydrogens is 448 g/mol. The first-order chi connectivity index (χ1) is 16.7. The van der Waals surface area contributed by atoms with Crippen LogP contribution in [0.3, 0.4) is 0 Å². The number of hydrogen-bond donors (Lipinski definition) is 0. The van der Waals surface area contributed by atoms with Crippen molar-refractivity contribution in [2.75, 3.05) is 0 Å². The van der Waals surface area contributed by atoms with Crippen LogP contribution in [0.1, 0.15) is 42.5 Å². The Morgan fingerprint density at radius 2 is 1.57 bits per heavy atom. The molecule has 3 nitrogen and oxygen atoms in total. The fourth-order valence-corrected chi connectivity index (χ4v) is 6.05. The van der Waals surface area contributed by atoms with Crippen molar-refractivity contribution in [1.82, 2.24) is 9.97 Å². The van der Waals surface area contributed by atoms with Gasteiger partial charge in [0, 0.05) is 34.2 Å². The molecular formula is C31H28N2OS. The number of aromatic nitrogens is 2. The quantitative estimate of drug-likeness (QED) is 0.250. The molecule has 3 aromatic heterocycles. The Hall–Kier alpha value is -3.50. The zero-order chi connectivity index (χ0) is 24.5. The van der Waals surface area contributed by atoms with Crippen LogP contribution >= 0.6 is 11.3 Å². The Balaban J connectivity index is 1.59. The summed E-state index contributed by atoms with van der Waals surface area (Å²) < 4.78 is 7.65. The number of pyridine rings is 1. The molecule has 3 aromatic carbocycles. The maximum atomic E-state index is 6.46. The second kappa shape index (κ2) is 7.76. The van der Waals surface area contributed by atoms with E-state index < -0.39 is 0 Å². The SMILES string of the molecule is Cc1nc2cc3oc4c(-c5cc(C(C)(C)C)c(-c6c(C)cccc6C)cn5)cccc4c3cc2s1. The number of benzene rings is 3. The molecule has 0 fully saturated rings. The van der Waals surface area contributed by atoms with Crippen molar-refractivity contribution in [3.8, 4) is 22.4 Å². The number of rotatable bonds is 2. The van der Waals surface area contributed by atoms with Gasteiger partial charge in [0.15, 0.2) is 0 Å². The topological polar surface area (TPSA) is 38.9 Å². The van der Waals surface area contributed by atoms with E-state index in [9.17, 15) is 0 Å². The lowest BCUT2D eigenvalue weighted by Crippen LogP contribution is -2.14. The average Bonchev–Trinajstić information content (AvgIpc) is 3.35. The first kappa shape index (κ1) is 22.0. The molecule has 0 aliphatic carbocycles. The molecule has 0 atom stereocenters. The normalized spacial score (nSPS) is 12.3. The number of para-hydroxylation sites is 1. The second-order valence-corrected chi connectivity index (χ2v) is 11.7. The zero-order valence-electron chi connectivity index (χ0n) is 21.0. The number of hydrogen-bond acceptors (Lipinski definition) is 4. The number of furan rings is 1. The molecule has 0 bridgehead atoms. The molecule has 0 aliphatic rings. The molecule has 3 heterocycles. The van der Waals surface area contributed by atoms with Crippen molar-refractivity contribution in [1.29, 1.82) is 0 Å². The van der Waals surface area contributed by atoms with Crippen molar-refractivity contribution in [3.63, 3.8) is 0 Å². The molecule has 0 saturated heterocycles. The van der Waals surface area contributed by atoms with E-state index >= 15 is 0 Å². The van der Waals surface area contributed by atoms with Crippen LogP contribution in [-0.2, 0) is 5.41 Å². The highest BCUT2D eigenvalue weighted by Gasteiger charge is 2.23. The average molecular weight is 477 g/mol. The minimum absolute atomic E-state index is 0.0442. The summed E-state index contributed by atoms with van der Waals surface area (Å²) in [5.41, 5.74) is 11.0. The Morgan fingerprint density at radius 3 is 2.31 bits per heavy atom. The zero-order valence-corrected chi connectivity index (χ0v) is 21.8. The van der Waals surface area contributed by atoms with Gasteiger partial charge in [0.2, 0.25) is 0 Å². The summed E-state index contributed by atoms with van der Waals surface area (Å²) in [6, 6.07) is 19.4. The van der Waals surface area contributed by atoms with Crippen LogP contribution in [0.2, 0.25) is 0 Å². The summed E-state index contributed by atoms with van der Waals surface area (Å²) >= 11 is 1.72. The predicted octanol–water partition coefficient (Wildman–Crippen LogP) is 9.15. The molecule has 0 spiro atoms. The molecule has 0 aliphatic heterocycles. The maximum absolute atomic E-state index is 6.46. The van der Waals surface area contributed by atoms with Gasteiger partial charge in [-0.2, -0.15) is 0 Å². The van der Waals surface area contributed by atoms with Crippen molar-refractivity contribution >= 4 is 43.5 Å². The van der Waals surface area contributed by atoms with E-state index in [0.717, 1.165) is 43.7 Å².